The minimum Gasteiger partial charge on any atom is -0.354 e. The van der Waals surface area contributed by atoms with E-state index in [0.717, 1.165) is 32.2 Å². The van der Waals surface area contributed by atoms with Crippen molar-refractivity contribution < 1.29 is 8.42 Å². The molecule has 0 spiro atoms. The summed E-state index contributed by atoms with van der Waals surface area (Å²) < 4.78 is 26.6. The molecule has 0 amide bonds. The van der Waals surface area contributed by atoms with Crippen molar-refractivity contribution >= 4 is 16.0 Å². The maximum absolute atomic E-state index is 12.5. The molecule has 1 N–H and O–H groups in total. The van der Waals surface area contributed by atoms with E-state index in [0.29, 0.717) is 25.0 Å². The highest BCUT2D eigenvalue weighted by Gasteiger charge is 2.29. The minimum atomic E-state index is -3.45. The lowest BCUT2D eigenvalue weighted by atomic mass is 9.96. The van der Waals surface area contributed by atoms with Gasteiger partial charge in [-0.05, 0) is 25.2 Å². The molecular weight excluding hydrogens is 288 g/mol. The molecule has 1 aliphatic rings. The molecule has 1 saturated heterocycles. The summed E-state index contributed by atoms with van der Waals surface area (Å²) in [5.74, 6) is 1.12. The third kappa shape index (κ3) is 3.91. The van der Waals surface area contributed by atoms with Crippen molar-refractivity contribution in [3.8, 4) is 0 Å². The van der Waals surface area contributed by atoms with E-state index < -0.39 is 10.0 Å². The van der Waals surface area contributed by atoms with E-state index in [1.807, 2.05) is 6.92 Å². The van der Waals surface area contributed by atoms with Crippen LogP contribution in [0.4, 0.5) is 5.95 Å². The summed E-state index contributed by atoms with van der Waals surface area (Å²) in [5.41, 5.74) is 0. The SMILES string of the molecule is CCCNc1ncc(S(=O)(=O)N2CCC(CC)CC2)cn1. The third-order valence-corrected chi connectivity index (χ3v) is 5.80. The molecule has 7 heteroatoms. The van der Waals surface area contributed by atoms with E-state index in [4.69, 9.17) is 0 Å². The molecule has 2 heterocycles. The Bertz CT molecular complexity index is 537. The topological polar surface area (TPSA) is 75.2 Å². The van der Waals surface area contributed by atoms with Crippen LogP contribution in [-0.4, -0.2) is 42.3 Å². The first-order chi connectivity index (χ1) is 10.1. The van der Waals surface area contributed by atoms with Crippen molar-refractivity contribution in [3.63, 3.8) is 0 Å². The van der Waals surface area contributed by atoms with Crippen molar-refractivity contribution in [3.05, 3.63) is 12.4 Å². The van der Waals surface area contributed by atoms with Gasteiger partial charge in [0.05, 0.1) is 12.4 Å². The summed E-state index contributed by atoms with van der Waals surface area (Å²) in [5, 5.41) is 3.04. The van der Waals surface area contributed by atoms with E-state index in [9.17, 15) is 8.42 Å². The van der Waals surface area contributed by atoms with Crippen LogP contribution in [0.25, 0.3) is 0 Å². The van der Waals surface area contributed by atoms with E-state index in [1.165, 1.54) is 12.4 Å². The molecule has 118 valence electrons. The zero-order valence-electron chi connectivity index (χ0n) is 12.7. The lowest BCUT2D eigenvalue weighted by Crippen LogP contribution is -2.38. The number of anilines is 1. The summed E-state index contributed by atoms with van der Waals surface area (Å²) in [6.45, 7) is 6.17. The van der Waals surface area contributed by atoms with Crippen LogP contribution in [0.1, 0.15) is 39.5 Å². The maximum Gasteiger partial charge on any atom is 0.246 e. The highest BCUT2D eigenvalue weighted by atomic mass is 32.2. The molecule has 1 aromatic heterocycles. The van der Waals surface area contributed by atoms with Crippen LogP contribution in [0, 0.1) is 5.92 Å². The van der Waals surface area contributed by atoms with E-state index >= 15 is 0 Å². The Labute approximate surface area is 127 Å². The molecule has 0 saturated carbocycles. The predicted octanol–water partition coefficient (Wildman–Crippen LogP) is 2.11. The van der Waals surface area contributed by atoms with Gasteiger partial charge in [-0.1, -0.05) is 20.3 Å². The number of aromatic nitrogens is 2. The van der Waals surface area contributed by atoms with Gasteiger partial charge < -0.3 is 5.32 Å². The lowest BCUT2D eigenvalue weighted by Gasteiger charge is -2.30. The maximum atomic E-state index is 12.5. The van der Waals surface area contributed by atoms with E-state index in [1.54, 1.807) is 4.31 Å². The van der Waals surface area contributed by atoms with Gasteiger partial charge in [-0.2, -0.15) is 4.31 Å². The van der Waals surface area contributed by atoms with Gasteiger partial charge in [0, 0.05) is 19.6 Å². The number of hydrogen-bond donors (Lipinski definition) is 1. The molecule has 21 heavy (non-hydrogen) atoms. The fourth-order valence-corrected chi connectivity index (χ4v) is 3.85. The van der Waals surface area contributed by atoms with Crippen molar-refractivity contribution in [1.82, 2.24) is 14.3 Å². The quantitative estimate of drug-likeness (QED) is 0.870. The van der Waals surface area contributed by atoms with Gasteiger partial charge in [0.15, 0.2) is 0 Å². The van der Waals surface area contributed by atoms with Gasteiger partial charge >= 0.3 is 0 Å². The summed E-state index contributed by atoms with van der Waals surface area (Å²) in [6.07, 6.45) is 6.75. The zero-order valence-corrected chi connectivity index (χ0v) is 13.6. The molecule has 0 aliphatic carbocycles. The van der Waals surface area contributed by atoms with Gasteiger partial charge in [0.2, 0.25) is 16.0 Å². The van der Waals surface area contributed by atoms with Gasteiger partial charge in [-0.15, -0.1) is 0 Å². The largest absolute Gasteiger partial charge is 0.354 e. The van der Waals surface area contributed by atoms with Crippen LogP contribution in [-0.2, 0) is 10.0 Å². The lowest BCUT2D eigenvalue weighted by molar-refractivity contribution is 0.269. The Morgan fingerprint density at radius 2 is 1.86 bits per heavy atom. The second-order valence-corrected chi connectivity index (χ2v) is 7.36. The highest BCUT2D eigenvalue weighted by molar-refractivity contribution is 7.89. The Morgan fingerprint density at radius 1 is 1.24 bits per heavy atom. The standard InChI is InChI=1S/C14H24N4O2S/c1-3-7-15-14-16-10-13(11-17-14)21(19,20)18-8-5-12(4-2)6-9-18/h10-12H,3-9H2,1-2H3,(H,15,16,17). The second kappa shape index (κ2) is 7.17. The molecular formula is C14H24N4O2S. The van der Waals surface area contributed by atoms with Gasteiger partial charge in [0.1, 0.15) is 4.90 Å². The van der Waals surface area contributed by atoms with Gasteiger partial charge in [-0.25, -0.2) is 18.4 Å². The fourth-order valence-electron chi connectivity index (χ4n) is 2.48. The van der Waals surface area contributed by atoms with Crippen molar-refractivity contribution in [2.45, 2.75) is 44.4 Å². The fraction of sp³-hybridized carbons (Fsp3) is 0.714. The third-order valence-electron chi connectivity index (χ3n) is 3.95. The summed E-state index contributed by atoms with van der Waals surface area (Å²) in [6, 6.07) is 0. The number of nitrogens with one attached hydrogen (secondary N) is 1. The number of rotatable bonds is 6. The molecule has 0 aromatic carbocycles. The summed E-state index contributed by atoms with van der Waals surface area (Å²) in [4.78, 5) is 8.34. The normalized spacial score (nSPS) is 17.8. The van der Waals surface area contributed by atoms with Crippen LogP contribution < -0.4 is 5.32 Å². The van der Waals surface area contributed by atoms with E-state index in [-0.39, 0.29) is 4.90 Å². The van der Waals surface area contributed by atoms with Crippen molar-refractivity contribution in [2.75, 3.05) is 25.0 Å². The Morgan fingerprint density at radius 3 is 2.38 bits per heavy atom. The van der Waals surface area contributed by atoms with Crippen LogP contribution >= 0.6 is 0 Å². The smallest absolute Gasteiger partial charge is 0.246 e. The molecule has 0 bridgehead atoms. The molecule has 0 radical (unpaired) electrons. The first kappa shape index (κ1) is 16.2. The Kier molecular flexibility index (Phi) is 5.52. The van der Waals surface area contributed by atoms with Crippen LogP contribution in [0.3, 0.4) is 0 Å². The predicted molar refractivity (Wildman–Crippen MR) is 82.6 cm³/mol. The molecule has 0 atom stereocenters. The number of sulfonamides is 1. The van der Waals surface area contributed by atoms with E-state index in [2.05, 4.69) is 22.2 Å². The number of piperidine rings is 1. The molecule has 6 nitrogen and oxygen atoms in total. The molecule has 1 fully saturated rings. The van der Waals surface area contributed by atoms with Gasteiger partial charge in [0.25, 0.3) is 0 Å². The van der Waals surface area contributed by atoms with Crippen LogP contribution in [0.5, 0.6) is 0 Å². The Hall–Kier alpha value is -1.21. The molecule has 1 aromatic rings. The zero-order chi connectivity index (χ0) is 15.3. The van der Waals surface area contributed by atoms with Gasteiger partial charge in [-0.3, -0.25) is 0 Å². The highest BCUT2D eigenvalue weighted by Crippen LogP contribution is 2.24. The van der Waals surface area contributed by atoms with Crippen molar-refractivity contribution in [1.29, 1.82) is 0 Å². The summed E-state index contributed by atoms with van der Waals surface area (Å²) >= 11 is 0. The van der Waals surface area contributed by atoms with Crippen LogP contribution in [0.15, 0.2) is 17.3 Å². The van der Waals surface area contributed by atoms with Crippen molar-refractivity contribution in [2.24, 2.45) is 5.92 Å². The average Bonchev–Trinajstić information content (AvgIpc) is 2.53. The van der Waals surface area contributed by atoms with Crippen LogP contribution in [0.2, 0.25) is 0 Å². The number of hydrogen-bond acceptors (Lipinski definition) is 5. The number of nitrogens with zero attached hydrogens (tertiary/aromatic N) is 3. The first-order valence-corrected chi connectivity index (χ1v) is 9.08. The first-order valence-electron chi connectivity index (χ1n) is 7.64. The minimum absolute atomic E-state index is 0.180. The summed E-state index contributed by atoms with van der Waals surface area (Å²) in [7, 11) is -3.45. The molecule has 1 aliphatic heterocycles. The monoisotopic (exact) mass is 312 g/mol. The Balaban J connectivity index is 2.05. The second-order valence-electron chi connectivity index (χ2n) is 5.42. The average molecular weight is 312 g/mol. The molecule has 2 rings (SSSR count). The molecule has 0 unspecified atom stereocenters.